The topological polar surface area (TPSA) is 79.8 Å². The first-order valence-electron chi connectivity index (χ1n) is 16.1. The Hall–Kier alpha value is -3.88. The molecule has 3 N–H and O–H groups in total. The van der Waals surface area contributed by atoms with Crippen LogP contribution in [0.15, 0.2) is 42.5 Å². The average Bonchev–Trinajstić information content (AvgIpc) is 3.38. The minimum Gasteiger partial charge on any atom is -0.495 e. The van der Waals surface area contributed by atoms with Crippen LogP contribution in [0.2, 0.25) is 0 Å². The molecule has 1 amide bonds. The van der Waals surface area contributed by atoms with Crippen molar-refractivity contribution in [2.75, 3.05) is 57.6 Å². The summed E-state index contributed by atoms with van der Waals surface area (Å²) >= 11 is 0. The molecule has 0 unspecified atom stereocenters. The summed E-state index contributed by atoms with van der Waals surface area (Å²) in [6.45, 7) is 3.10. The van der Waals surface area contributed by atoms with Gasteiger partial charge >= 0.3 is 6.18 Å². The number of hydrogen-bond donors (Lipinski definition) is 3. The third kappa shape index (κ3) is 7.08. The van der Waals surface area contributed by atoms with Crippen LogP contribution in [0.1, 0.15) is 54.6 Å². The number of methoxy groups -OCH3 is 1. The van der Waals surface area contributed by atoms with Gasteiger partial charge in [0.05, 0.1) is 37.2 Å². The second-order valence-corrected chi connectivity index (χ2v) is 12.8. The van der Waals surface area contributed by atoms with Crippen molar-refractivity contribution in [2.24, 2.45) is 5.41 Å². The van der Waals surface area contributed by atoms with E-state index >= 15 is 0 Å². The maximum Gasteiger partial charge on any atom is 0.406 e. The van der Waals surface area contributed by atoms with Crippen LogP contribution >= 0.6 is 0 Å². The molecule has 0 bridgehead atoms. The molecule has 0 radical (unpaired) electrons. The van der Waals surface area contributed by atoms with E-state index in [0.29, 0.717) is 39.7 Å². The zero-order valence-electron chi connectivity index (χ0n) is 26.4. The summed E-state index contributed by atoms with van der Waals surface area (Å²) in [6.07, 6.45) is 2.31. The molecule has 1 aliphatic carbocycles. The van der Waals surface area contributed by atoms with E-state index in [1.54, 1.807) is 37.4 Å². The molecule has 46 heavy (non-hydrogen) atoms. The molecule has 0 atom stereocenters. The smallest absolute Gasteiger partial charge is 0.406 e. The van der Waals surface area contributed by atoms with Crippen molar-refractivity contribution in [3.63, 3.8) is 0 Å². The van der Waals surface area contributed by atoms with E-state index in [1.165, 1.54) is 18.1 Å². The van der Waals surface area contributed by atoms with Gasteiger partial charge in [-0.05, 0) is 80.8 Å². The molecule has 1 spiro atoms. The molecular weight excluding hydrogens is 595 g/mol. The van der Waals surface area contributed by atoms with Crippen molar-refractivity contribution in [2.45, 2.75) is 63.3 Å². The number of carbonyl (C=O) groups is 1. The number of anilines is 2. The highest BCUT2D eigenvalue weighted by Gasteiger charge is 2.46. The van der Waals surface area contributed by atoms with Crippen LogP contribution in [0.3, 0.4) is 0 Å². The number of aromatic nitrogens is 1. The fourth-order valence-corrected chi connectivity index (χ4v) is 7.30. The van der Waals surface area contributed by atoms with Gasteiger partial charge in [0.2, 0.25) is 0 Å². The summed E-state index contributed by atoms with van der Waals surface area (Å²) in [5, 5.41) is 10.1. The lowest BCUT2D eigenvalue weighted by atomic mass is 9.73. The van der Waals surface area contributed by atoms with Gasteiger partial charge in [0.25, 0.3) is 5.91 Å². The lowest BCUT2D eigenvalue weighted by molar-refractivity contribution is -0.140. The minimum absolute atomic E-state index is 0.169. The van der Waals surface area contributed by atoms with E-state index in [1.807, 2.05) is 12.1 Å². The highest BCUT2D eigenvalue weighted by Crippen LogP contribution is 2.42. The molecule has 6 rings (SSSR count). The molecule has 3 heterocycles. The van der Waals surface area contributed by atoms with Crippen LogP contribution in [0.25, 0.3) is 10.9 Å². The Bertz CT molecular complexity index is 1600. The largest absolute Gasteiger partial charge is 0.495 e. The number of ether oxygens (including phenoxy) is 2. The van der Waals surface area contributed by atoms with E-state index in [9.17, 15) is 18.0 Å². The summed E-state index contributed by atoms with van der Waals surface area (Å²) in [6, 6.07) is 13.1. The fraction of sp³-hybridized carbons (Fsp3) is 0.514. The molecule has 11 heteroatoms. The molecule has 8 nitrogen and oxygen atoms in total. The third-order valence-corrected chi connectivity index (χ3v) is 9.61. The molecule has 2 aromatic carbocycles. The fourth-order valence-electron chi connectivity index (χ4n) is 7.30. The van der Waals surface area contributed by atoms with Crippen LogP contribution in [0, 0.1) is 17.3 Å². The number of benzene rings is 2. The number of carbonyl (C=O) groups excluding carboxylic acids is 1. The van der Waals surface area contributed by atoms with E-state index in [4.69, 9.17) is 9.47 Å². The first-order valence-corrected chi connectivity index (χ1v) is 16.1. The number of nitrogens with zero attached hydrogens (tertiary/aromatic N) is 2. The Kier molecular flexibility index (Phi) is 9.39. The van der Waals surface area contributed by atoms with Crippen LogP contribution in [-0.4, -0.2) is 80.6 Å². The molecule has 1 saturated carbocycles. The van der Waals surface area contributed by atoms with Crippen molar-refractivity contribution < 1.29 is 27.4 Å². The zero-order valence-corrected chi connectivity index (χ0v) is 26.4. The second kappa shape index (κ2) is 13.5. The van der Waals surface area contributed by atoms with Crippen LogP contribution in [-0.2, 0) is 11.3 Å². The number of hydrogen-bond acceptors (Lipinski definition) is 6. The van der Waals surface area contributed by atoms with Crippen molar-refractivity contribution in [3.8, 4) is 17.6 Å². The van der Waals surface area contributed by atoms with E-state index in [2.05, 4.69) is 32.7 Å². The van der Waals surface area contributed by atoms with Crippen molar-refractivity contribution >= 4 is 28.2 Å². The summed E-state index contributed by atoms with van der Waals surface area (Å²) in [7, 11) is 3.05. The van der Waals surface area contributed by atoms with Gasteiger partial charge in [-0.15, -0.1) is 0 Å². The number of fused-ring (bicyclic) bond motifs is 1. The number of likely N-dealkylation sites (tertiary alicyclic amines) is 1. The first-order chi connectivity index (χ1) is 22.2. The van der Waals surface area contributed by atoms with Gasteiger partial charge in [-0.25, -0.2) is 0 Å². The maximum absolute atomic E-state index is 13.7. The molecule has 246 valence electrons. The van der Waals surface area contributed by atoms with Crippen molar-refractivity contribution in [1.82, 2.24) is 14.8 Å². The summed E-state index contributed by atoms with van der Waals surface area (Å²) < 4.78 is 53.5. The molecule has 1 aromatic heterocycles. The predicted molar refractivity (Wildman–Crippen MR) is 173 cm³/mol. The normalized spacial score (nSPS) is 21.2. The molecule has 3 aromatic rings. The Balaban J connectivity index is 1.13. The lowest BCUT2D eigenvalue weighted by Gasteiger charge is -2.55. The third-order valence-electron chi connectivity index (χ3n) is 9.61. The van der Waals surface area contributed by atoms with Crippen molar-refractivity contribution in [3.05, 3.63) is 53.7 Å². The van der Waals surface area contributed by atoms with Crippen molar-refractivity contribution in [1.29, 1.82) is 0 Å². The van der Waals surface area contributed by atoms with Gasteiger partial charge in [-0.3, -0.25) is 9.69 Å². The lowest BCUT2D eigenvalue weighted by Crippen LogP contribution is -2.63. The van der Waals surface area contributed by atoms with Gasteiger partial charge in [0.1, 0.15) is 12.3 Å². The van der Waals surface area contributed by atoms with Gasteiger partial charge in [-0.2, -0.15) is 13.2 Å². The summed E-state index contributed by atoms with van der Waals surface area (Å²) in [5.74, 6) is 6.16. The van der Waals surface area contributed by atoms with Gasteiger partial charge in [0, 0.05) is 60.9 Å². The Morgan fingerprint density at radius 3 is 2.61 bits per heavy atom. The zero-order chi connectivity index (χ0) is 32.3. The highest BCUT2D eigenvalue weighted by molar-refractivity contribution is 5.95. The first kappa shape index (κ1) is 32.1. The number of rotatable bonds is 8. The van der Waals surface area contributed by atoms with E-state index in [0.717, 1.165) is 69.5 Å². The van der Waals surface area contributed by atoms with E-state index in [-0.39, 0.29) is 18.5 Å². The Morgan fingerprint density at radius 2 is 1.91 bits per heavy atom. The standard InChI is InChI=1S/C35H42F3N5O3/c1-39-33(44)24-9-14-30(32(18-24)45-2)40-16-4-6-27-19-28-29(7-3-8-31(28)43(27)22-35(36,37)38)41-25-10-12-26(13-11-25)42-20-34(21-42)15-5-17-46-23-34/h3,7-9,14,18-19,25-26,40-41H,5,10-13,15-17,20-23H2,1-2H3,(H,39,44). The molecule has 3 aliphatic rings. The number of alkyl halides is 3. The Morgan fingerprint density at radius 1 is 1.11 bits per heavy atom. The molecule has 3 fully saturated rings. The summed E-state index contributed by atoms with van der Waals surface area (Å²) in [4.78, 5) is 14.6. The van der Waals surface area contributed by atoms with Gasteiger partial charge in [-0.1, -0.05) is 12.0 Å². The minimum atomic E-state index is -4.40. The van der Waals surface area contributed by atoms with Crippen LogP contribution in [0.4, 0.5) is 24.5 Å². The molecule has 2 aliphatic heterocycles. The highest BCUT2D eigenvalue weighted by atomic mass is 19.4. The second-order valence-electron chi connectivity index (χ2n) is 12.8. The van der Waals surface area contributed by atoms with Crippen LogP contribution in [0.5, 0.6) is 5.75 Å². The SMILES string of the molecule is CNC(=O)c1ccc(NCC#Cc2cc3c(NC4CCC(N5CC6(CCCOC6)C5)CC4)cccc3n2CC(F)(F)F)c(OC)c1. The molecule has 2 saturated heterocycles. The Labute approximate surface area is 268 Å². The number of halogens is 3. The predicted octanol–water partition coefficient (Wildman–Crippen LogP) is 5.87. The number of nitrogens with one attached hydrogen (secondary N) is 3. The van der Waals surface area contributed by atoms with Gasteiger partial charge < -0.3 is 30.0 Å². The van der Waals surface area contributed by atoms with Crippen LogP contribution < -0.4 is 20.7 Å². The average molecular weight is 638 g/mol. The molecular formula is C35H42F3N5O3. The number of amides is 1. The monoisotopic (exact) mass is 637 g/mol. The van der Waals surface area contributed by atoms with Gasteiger partial charge in [0.15, 0.2) is 0 Å². The maximum atomic E-state index is 13.7. The van der Waals surface area contributed by atoms with E-state index < -0.39 is 12.7 Å². The quantitative estimate of drug-likeness (QED) is 0.268. The summed E-state index contributed by atoms with van der Waals surface area (Å²) in [5.41, 5.74) is 3.08.